The highest BCUT2D eigenvalue weighted by molar-refractivity contribution is 6.36. The van der Waals surface area contributed by atoms with Gasteiger partial charge in [-0.25, -0.2) is 0 Å². The summed E-state index contributed by atoms with van der Waals surface area (Å²) in [4.78, 5) is 2.14. The van der Waals surface area contributed by atoms with Gasteiger partial charge >= 0.3 is 0 Å². The molecule has 11 heavy (non-hydrogen) atoms. The molecule has 0 amide bonds. The van der Waals surface area contributed by atoms with E-state index in [1.165, 1.54) is 5.54 Å². The molecule has 4 heteroatoms. The first-order valence-electron chi connectivity index (χ1n) is 3.54. The third-order valence-corrected chi connectivity index (χ3v) is 2.39. The van der Waals surface area contributed by atoms with Gasteiger partial charge in [-0.05, 0) is 0 Å². The van der Waals surface area contributed by atoms with E-state index in [4.69, 9.17) is 28.3 Å². The summed E-state index contributed by atoms with van der Waals surface area (Å²) in [6.07, 6.45) is 0. The Bertz CT molecular complexity index is 155. The van der Waals surface area contributed by atoms with E-state index < -0.39 is 0 Å². The Labute approximate surface area is 76.4 Å². The van der Waals surface area contributed by atoms with Gasteiger partial charge in [-0.3, -0.25) is 4.90 Å². The van der Waals surface area contributed by atoms with Crippen LogP contribution in [0.1, 0.15) is 0 Å². The molecule has 0 atom stereocenters. The fraction of sp³-hybridized carbons (Fsp3) is 0.714. The normalized spacial score (nSPS) is 21.9. The monoisotopic (exact) mass is 195 g/mol. The average Bonchev–Trinajstić information content (AvgIpc) is 1.95. The molecule has 1 aliphatic heterocycles. The molecule has 1 saturated heterocycles. The van der Waals surface area contributed by atoms with Crippen LogP contribution in [0, 0.1) is 5.92 Å². The fourth-order valence-electron chi connectivity index (χ4n) is 1.17. The standard InChI is InChI=1S/C7H11Cl2NO/c8-1-7(9)4-10-2-6(3-10)5-11/h1,6,11H,2-5H2. The third-order valence-electron chi connectivity index (χ3n) is 1.78. The first-order chi connectivity index (χ1) is 5.26. The molecule has 0 aromatic carbocycles. The predicted molar refractivity (Wildman–Crippen MR) is 46.8 cm³/mol. The molecular formula is C7H11Cl2NO. The molecule has 0 spiro atoms. The summed E-state index contributed by atoms with van der Waals surface area (Å²) in [6.45, 7) is 2.84. The van der Waals surface area contributed by atoms with E-state index in [1.807, 2.05) is 0 Å². The molecule has 0 bridgehead atoms. The molecule has 1 heterocycles. The van der Waals surface area contributed by atoms with Crippen LogP contribution in [0.15, 0.2) is 10.6 Å². The van der Waals surface area contributed by atoms with Crippen LogP contribution in [-0.2, 0) is 0 Å². The lowest BCUT2D eigenvalue weighted by molar-refractivity contribution is 0.0631. The van der Waals surface area contributed by atoms with Crippen molar-refractivity contribution in [3.05, 3.63) is 10.6 Å². The highest BCUT2D eigenvalue weighted by Gasteiger charge is 2.25. The quantitative estimate of drug-likeness (QED) is 0.733. The van der Waals surface area contributed by atoms with E-state index in [2.05, 4.69) is 4.90 Å². The average molecular weight is 196 g/mol. The van der Waals surface area contributed by atoms with Crippen LogP contribution >= 0.6 is 23.2 Å². The van der Waals surface area contributed by atoms with Crippen LogP contribution in [0.25, 0.3) is 0 Å². The van der Waals surface area contributed by atoms with Gasteiger partial charge in [0.2, 0.25) is 0 Å². The molecule has 0 aromatic rings. The molecule has 0 unspecified atom stereocenters. The summed E-state index contributed by atoms with van der Waals surface area (Å²) in [5.74, 6) is 0.440. The predicted octanol–water partition coefficient (Wildman–Crippen LogP) is 1.23. The minimum Gasteiger partial charge on any atom is -0.396 e. The molecule has 1 rings (SSSR count). The van der Waals surface area contributed by atoms with E-state index >= 15 is 0 Å². The van der Waals surface area contributed by atoms with E-state index in [-0.39, 0.29) is 6.61 Å². The maximum atomic E-state index is 8.69. The Balaban J connectivity index is 2.13. The summed E-state index contributed by atoms with van der Waals surface area (Å²) in [7, 11) is 0. The van der Waals surface area contributed by atoms with Crippen molar-refractivity contribution in [2.24, 2.45) is 5.92 Å². The number of halogens is 2. The molecule has 0 aromatic heterocycles. The molecular weight excluding hydrogens is 185 g/mol. The summed E-state index contributed by atoms with van der Waals surface area (Å²) in [6, 6.07) is 0. The van der Waals surface area contributed by atoms with Crippen LogP contribution in [0.4, 0.5) is 0 Å². The minimum atomic E-state index is 0.276. The van der Waals surface area contributed by atoms with Gasteiger partial charge in [-0.1, -0.05) is 23.2 Å². The smallest absolute Gasteiger partial charge is 0.0483 e. The van der Waals surface area contributed by atoms with E-state index in [0.29, 0.717) is 17.5 Å². The summed E-state index contributed by atoms with van der Waals surface area (Å²) in [5, 5.41) is 9.35. The van der Waals surface area contributed by atoms with Crippen molar-refractivity contribution >= 4 is 23.2 Å². The second-order valence-corrected chi connectivity index (χ2v) is 3.50. The lowest BCUT2D eigenvalue weighted by Crippen LogP contribution is -2.48. The summed E-state index contributed by atoms with van der Waals surface area (Å²) >= 11 is 11.1. The molecule has 1 aliphatic rings. The van der Waals surface area contributed by atoms with E-state index in [0.717, 1.165) is 13.1 Å². The highest BCUT2D eigenvalue weighted by atomic mass is 35.5. The number of likely N-dealkylation sites (tertiary alicyclic amines) is 1. The van der Waals surface area contributed by atoms with Gasteiger partial charge in [0, 0.05) is 42.7 Å². The van der Waals surface area contributed by atoms with Gasteiger partial charge in [0.05, 0.1) is 0 Å². The van der Waals surface area contributed by atoms with Gasteiger partial charge in [0.1, 0.15) is 0 Å². The highest BCUT2D eigenvalue weighted by Crippen LogP contribution is 2.17. The zero-order chi connectivity index (χ0) is 8.27. The van der Waals surface area contributed by atoms with Crippen molar-refractivity contribution in [1.82, 2.24) is 4.90 Å². The number of hydrogen-bond donors (Lipinski definition) is 1. The zero-order valence-corrected chi connectivity index (χ0v) is 7.65. The number of aliphatic hydroxyl groups is 1. The Morgan fingerprint density at radius 3 is 2.73 bits per heavy atom. The van der Waals surface area contributed by atoms with Gasteiger partial charge < -0.3 is 5.11 Å². The maximum absolute atomic E-state index is 8.69. The van der Waals surface area contributed by atoms with E-state index in [9.17, 15) is 0 Å². The number of nitrogens with zero attached hydrogens (tertiary/aromatic N) is 1. The van der Waals surface area contributed by atoms with Crippen LogP contribution < -0.4 is 0 Å². The van der Waals surface area contributed by atoms with Crippen molar-refractivity contribution < 1.29 is 5.11 Å². The van der Waals surface area contributed by atoms with Crippen LogP contribution in [0.3, 0.4) is 0 Å². The second kappa shape index (κ2) is 4.31. The Morgan fingerprint density at radius 1 is 1.64 bits per heavy atom. The van der Waals surface area contributed by atoms with Gasteiger partial charge in [-0.2, -0.15) is 0 Å². The van der Waals surface area contributed by atoms with Crippen LogP contribution in [0.2, 0.25) is 0 Å². The molecule has 1 N–H and O–H groups in total. The Kier molecular flexibility index (Phi) is 3.66. The Morgan fingerprint density at radius 2 is 2.27 bits per heavy atom. The number of hydrogen-bond acceptors (Lipinski definition) is 2. The SMILES string of the molecule is OCC1CN(CC(Cl)=CCl)C1. The minimum absolute atomic E-state index is 0.276. The van der Waals surface area contributed by atoms with Crippen molar-refractivity contribution in [3.8, 4) is 0 Å². The largest absolute Gasteiger partial charge is 0.396 e. The van der Waals surface area contributed by atoms with Crippen molar-refractivity contribution in [3.63, 3.8) is 0 Å². The van der Waals surface area contributed by atoms with E-state index in [1.54, 1.807) is 0 Å². The summed E-state index contributed by atoms with van der Waals surface area (Å²) < 4.78 is 0. The molecule has 2 nitrogen and oxygen atoms in total. The first-order valence-corrected chi connectivity index (χ1v) is 4.35. The van der Waals surface area contributed by atoms with Crippen molar-refractivity contribution in [1.29, 1.82) is 0 Å². The number of rotatable bonds is 3. The molecule has 0 saturated carbocycles. The molecule has 1 fully saturated rings. The fourth-order valence-corrected chi connectivity index (χ4v) is 1.41. The second-order valence-electron chi connectivity index (χ2n) is 2.80. The topological polar surface area (TPSA) is 23.5 Å². The number of aliphatic hydroxyl groups excluding tert-OH is 1. The lowest BCUT2D eigenvalue weighted by Gasteiger charge is -2.37. The third kappa shape index (κ3) is 2.64. The van der Waals surface area contributed by atoms with Gasteiger partial charge in [0.15, 0.2) is 0 Å². The molecule has 64 valence electrons. The van der Waals surface area contributed by atoms with Crippen molar-refractivity contribution in [2.75, 3.05) is 26.2 Å². The van der Waals surface area contributed by atoms with Gasteiger partial charge in [-0.15, -0.1) is 0 Å². The van der Waals surface area contributed by atoms with Gasteiger partial charge in [0.25, 0.3) is 0 Å². The lowest BCUT2D eigenvalue weighted by atomic mass is 10.0. The van der Waals surface area contributed by atoms with Crippen LogP contribution in [-0.4, -0.2) is 36.2 Å². The Hall–Kier alpha value is 0.240. The summed E-state index contributed by atoms with van der Waals surface area (Å²) in [5.41, 5.74) is 1.38. The maximum Gasteiger partial charge on any atom is 0.0483 e. The zero-order valence-electron chi connectivity index (χ0n) is 6.13. The molecule has 0 aliphatic carbocycles. The van der Waals surface area contributed by atoms with Crippen LogP contribution in [0.5, 0.6) is 0 Å². The first kappa shape index (κ1) is 9.33. The molecule has 0 radical (unpaired) electrons. The van der Waals surface area contributed by atoms with Crippen molar-refractivity contribution in [2.45, 2.75) is 0 Å².